The summed E-state index contributed by atoms with van der Waals surface area (Å²) in [7, 11) is 0. The van der Waals surface area contributed by atoms with Crippen molar-refractivity contribution in [3.8, 4) is 5.75 Å². The van der Waals surface area contributed by atoms with E-state index in [0.29, 0.717) is 25.7 Å². The molecule has 1 aromatic carbocycles. The van der Waals surface area contributed by atoms with Gasteiger partial charge >= 0.3 is 5.97 Å². The molecule has 3 aromatic rings. The smallest absolute Gasteiger partial charge is 0.305 e. The lowest BCUT2D eigenvalue weighted by atomic mass is 9.99. The Kier molecular flexibility index (Phi) is 6.17. The summed E-state index contributed by atoms with van der Waals surface area (Å²) in [6, 6.07) is 5.49. The third kappa shape index (κ3) is 4.74. The van der Waals surface area contributed by atoms with Crippen molar-refractivity contribution in [3.63, 3.8) is 0 Å². The molecular weight excluding hydrogens is 456 g/mol. The number of aliphatic carboxylic acids is 1. The number of H-pyrrole nitrogens is 1. The molecule has 0 spiro atoms. The van der Waals surface area contributed by atoms with Gasteiger partial charge in [-0.15, -0.1) is 0 Å². The zero-order chi connectivity index (χ0) is 23.5. The topological polar surface area (TPSA) is 132 Å². The van der Waals surface area contributed by atoms with E-state index in [1.807, 2.05) is 42.9 Å². The number of aromatic amines is 1. The summed E-state index contributed by atoms with van der Waals surface area (Å²) in [5.74, 6) is 0.219. The summed E-state index contributed by atoms with van der Waals surface area (Å²) in [5.41, 5.74) is 2.93. The Morgan fingerprint density at radius 1 is 1.38 bits per heavy atom. The van der Waals surface area contributed by atoms with Crippen LogP contribution in [-0.4, -0.2) is 56.9 Å². The number of nitrogens with zero attached hydrogens (tertiary/aromatic N) is 3. The molecule has 4 N–H and O–H groups in total. The molecule has 2 aromatic heterocycles. The van der Waals surface area contributed by atoms with Crippen LogP contribution in [0.4, 0.5) is 0 Å². The molecular formula is C23H24N6O4S. The van der Waals surface area contributed by atoms with Crippen LogP contribution in [0, 0.1) is 0 Å². The van der Waals surface area contributed by atoms with Crippen molar-refractivity contribution in [2.45, 2.75) is 25.4 Å². The molecule has 0 fully saturated rings. The maximum absolute atomic E-state index is 11.7. The number of hydrogen-bond donors (Lipinski definition) is 4. The number of carbonyl (C=O) groups excluding carboxylic acids is 1. The van der Waals surface area contributed by atoms with Crippen LogP contribution in [0.1, 0.15) is 34.9 Å². The Morgan fingerprint density at radius 2 is 2.29 bits per heavy atom. The van der Waals surface area contributed by atoms with Crippen molar-refractivity contribution in [1.82, 2.24) is 24.9 Å². The molecule has 10 nitrogen and oxygen atoms in total. The largest absolute Gasteiger partial charge is 0.493 e. The number of ether oxygens (including phenoxy) is 1. The number of carboxylic acids is 1. The van der Waals surface area contributed by atoms with Gasteiger partial charge in [-0.2, -0.15) is 4.99 Å². The molecule has 5 rings (SSSR count). The number of aromatic nitrogens is 2. The van der Waals surface area contributed by atoms with Crippen LogP contribution in [0.25, 0.3) is 17.0 Å². The summed E-state index contributed by atoms with van der Waals surface area (Å²) in [4.78, 5) is 33.0. The predicted molar refractivity (Wildman–Crippen MR) is 129 cm³/mol. The average molecular weight is 481 g/mol. The monoisotopic (exact) mass is 480 g/mol. The summed E-state index contributed by atoms with van der Waals surface area (Å²) in [5, 5.41) is 16.5. The van der Waals surface area contributed by atoms with E-state index < -0.39 is 5.97 Å². The third-order valence-corrected chi connectivity index (χ3v) is 6.59. The quantitative estimate of drug-likeness (QED) is 0.344. The van der Waals surface area contributed by atoms with Gasteiger partial charge in [-0.25, -0.2) is 4.37 Å². The van der Waals surface area contributed by atoms with Gasteiger partial charge in [0.1, 0.15) is 5.75 Å². The molecule has 34 heavy (non-hydrogen) atoms. The number of rotatable bonds is 9. The molecule has 0 saturated heterocycles. The van der Waals surface area contributed by atoms with E-state index in [9.17, 15) is 14.7 Å². The summed E-state index contributed by atoms with van der Waals surface area (Å²) in [6.45, 7) is 2.00. The Balaban J connectivity index is 1.25. The van der Waals surface area contributed by atoms with Crippen LogP contribution in [0.15, 0.2) is 41.8 Å². The highest BCUT2D eigenvalue weighted by molar-refractivity contribution is 7.06. The minimum absolute atomic E-state index is 0.0127. The Labute approximate surface area is 199 Å². The number of carbonyl (C=O) groups is 2. The van der Waals surface area contributed by atoms with Gasteiger partial charge in [0.2, 0.25) is 0 Å². The first-order chi connectivity index (χ1) is 16.6. The fourth-order valence-electron chi connectivity index (χ4n) is 4.15. The SMILES string of the molecule is O=C(O)CC(c1c[nH]c2cc(OCCCNC3=NC(=O)CN3)ccc12)N1C=Cc2sncc2C1. The minimum Gasteiger partial charge on any atom is -0.493 e. The van der Waals surface area contributed by atoms with Gasteiger partial charge in [0.05, 0.1) is 30.5 Å². The molecule has 0 saturated carbocycles. The van der Waals surface area contributed by atoms with E-state index in [0.717, 1.165) is 39.1 Å². The number of hydrogen-bond acceptors (Lipinski definition) is 8. The molecule has 1 amide bonds. The predicted octanol–water partition coefficient (Wildman–Crippen LogP) is 2.47. The number of guanidine groups is 1. The maximum atomic E-state index is 11.7. The van der Waals surface area contributed by atoms with Crippen LogP contribution in [0.3, 0.4) is 0 Å². The molecule has 0 aliphatic carbocycles. The van der Waals surface area contributed by atoms with E-state index in [4.69, 9.17) is 4.74 Å². The highest BCUT2D eigenvalue weighted by Gasteiger charge is 2.26. The second kappa shape index (κ2) is 9.56. The Hall–Kier alpha value is -3.86. The normalized spacial score (nSPS) is 15.7. The molecule has 4 heterocycles. The number of aliphatic imine (C=N–C) groups is 1. The summed E-state index contributed by atoms with van der Waals surface area (Å²) < 4.78 is 10.1. The number of nitrogens with one attached hydrogen (secondary N) is 3. The first-order valence-corrected chi connectivity index (χ1v) is 11.8. The van der Waals surface area contributed by atoms with Gasteiger partial charge in [0.15, 0.2) is 5.96 Å². The number of benzene rings is 1. The lowest BCUT2D eigenvalue weighted by Crippen LogP contribution is -2.34. The second-order valence-corrected chi connectivity index (χ2v) is 8.94. The van der Waals surface area contributed by atoms with Crippen LogP contribution >= 0.6 is 11.5 Å². The molecule has 0 radical (unpaired) electrons. The van der Waals surface area contributed by atoms with Gasteiger partial charge in [-0.3, -0.25) is 9.59 Å². The zero-order valence-corrected chi connectivity index (χ0v) is 19.1. The van der Waals surface area contributed by atoms with E-state index >= 15 is 0 Å². The molecule has 1 unspecified atom stereocenters. The van der Waals surface area contributed by atoms with Crippen molar-refractivity contribution < 1.29 is 19.4 Å². The highest BCUT2D eigenvalue weighted by Crippen LogP contribution is 2.36. The van der Waals surface area contributed by atoms with Crippen molar-refractivity contribution >= 4 is 46.3 Å². The van der Waals surface area contributed by atoms with Crippen molar-refractivity contribution in [3.05, 3.63) is 52.8 Å². The minimum atomic E-state index is -0.848. The average Bonchev–Trinajstić information content (AvgIpc) is 3.56. The third-order valence-electron chi connectivity index (χ3n) is 5.78. The number of amides is 1. The Morgan fingerprint density at radius 3 is 3.12 bits per heavy atom. The van der Waals surface area contributed by atoms with E-state index in [2.05, 4.69) is 29.9 Å². The molecule has 0 bridgehead atoms. The van der Waals surface area contributed by atoms with Crippen LogP contribution in [0.2, 0.25) is 0 Å². The molecule has 1 atom stereocenters. The number of fused-ring (bicyclic) bond motifs is 2. The Bertz CT molecular complexity index is 1280. The van der Waals surface area contributed by atoms with Crippen molar-refractivity contribution in [2.75, 3.05) is 19.7 Å². The molecule has 11 heteroatoms. The van der Waals surface area contributed by atoms with Gasteiger partial charge in [0.25, 0.3) is 5.91 Å². The fourth-order valence-corrected chi connectivity index (χ4v) is 4.80. The molecule has 2 aliphatic heterocycles. The van der Waals surface area contributed by atoms with Crippen molar-refractivity contribution in [1.29, 1.82) is 0 Å². The summed E-state index contributed by atoms with van der Waals surface area (Å²) >= 11 is 1.44. The maximum Gasteiger partial charge on any atom is 0.305 e. The van der Waals surface area contributed by atoms with Gasteiger partial charge in [-0.1, -0.05) is 0 Å². The van der Waals surface area contributed by atoms with E-state index in [1.165, 1.54) is 11.5 Å². The molecule has 176 valence electrons. The first-order valence-electron chi connectivity index (χ1n) is 11.0. The fraction of sp³-hybridized carbons (Fsp3) is 0.304. The zero-order valence-electron chi connectivity index (χ0n) is 18.3. The van der Waals surface area contributed by atoms with Crippen LogP contribution in [0.5, 0.6) is 5.75 Å². The van der Waals surface area contributed by atoms with E-state index in [-0.39, 0.29) is 24.9 Å². The van der Waals surface area contributed by atoms with Crippen molar-refractivity contribution in [2.24, 2.45) is 4.99 Å². The van der Waals surface area contributed by atoms with Gasteiger partial charge in [-0.05, 0) is 36.2 Å². The van der Waals surface area contributed by atoms with Gasteiger partial charge in [0, 0.05) is 59.8 Å². The van der Waals surface area contributed by atoms with Crippen LogP contribution in [-0.2, 0) is 16.1 Å². The number of carboxylic acid groups (broad SMARTS) is 1. The van der Waals surface area contributed by atoms with Crippen LogP contribution < -0.4 is 15.4 Å². The highest BCUT2D eigenvalue weighted by atomic mass is 32.1. The summed E-state index contributed by atoms with van der Waals surface area (Å²) in [6.07, 6.45) is 8.42. The van der Waals surface area contributed by atoms with Gasteiger partial charge < -0.3 is 30.4 Å². The first kappa shape index (κ1) is 22.0. The lowest BCUT2D eigenvalue weighted by molar-refractivity contribution is -0.138. The van der Waals surface area contributed by atoms with E-state index in [1.54, 1.807) is 0 Å². The second-order valence-electron chi connectivity index (χ2n) is 8.10. The standard InChI is InChI=1S/C23H24N6O4S/c30-21-12-26-23(28-21)24-5-1-7-33-15-2-3-16-17(11-25-18(16)8-15)19(9-22(31)32)29-6-4-20-14(13-29)10-27-34-20/h2-4,6,8,10-11,19,25H,1,5,7,9,12-13H2,(H,31,32)(H2,24,26,28,30). The lowest BCUT2D eigenvalue weighted by Gasteiger charge is -2.31. The molecule has 2 aliphatic rings.